The van der Waals surface area contributed by atoms with Crippen molar-refractivity contribution < 1.29 is 14.5 Å². The van der Waals surface area contributed by atoms with Gasteiger partial charge in [-0.2, -0.15) is 0 Å². The molecule has 1 saturated carbocycles. The molecular formula is C23H25N5O4S. The third-order valence-electron chi connectivity index (χ3n) is 5.44. The monoisotopic (exact) mass is 467 g/mol. The van der Waals surface area contributed by atoms with E-state index in [1.165, 1.54) is 48.9 Å². The van der Waals surface area contributed by atoms with Crippen LogP contribution >= 0.6 is 11.8 Å². The quantitative estimate of drug-likeness (QED) is 0.270. The average Bonchev–Trinajstić information content (AvgIpc) is 3.48. The van der Waals surface area contributed by atoms with Crippen molar-refractivity contribution in [3.8, 4) is 17.1 Å². The maximum absolute atomic E-state index is 12.3. The van der Waals surface area contributed by atoms with E-state index in [2.05, 4.69) is 15.5 Å². The molecule has 0 radical (unpaired) electrons. The maximum atomic E-state index is 12.3. The third-order valence-corrected chi connectivity index (χ3v) is 6.41. The van der Waals surface area contributed by atoms with Crippen molar-refractivity contribution in [3.63, 3.8) is 0 Å². The molecule has 1 fully saturated rings. The first-order valence-electron chi connectivity index (χ1n) is 10.9. The molecule has 1 aromatic heterocycles. The smallest absolute Gasteiger partial charge is 0.269 e. The Balaban J connectivity index is 1.36. The number of nitro groups is 1. The number of thioether (sulfide) groups is 1. The van der Waals surface area contributed by atoms with Gasteiger partial charge < -0.3 is 14.6 Å². The SMILES string of the molecule is CCn1c(SCC(=O)Nc2ccc([N+](=O)[O-])cc2)nnc1-c1ccc(OC2CCCC2)cc1. The summed E-state index contributed by atoms with van der Waals surface area (Å²) in [6, 6.07) is 13.6. The highest BCUT2D eigenvalue weighted by Crippen LogP contribution is 2.28. The first-order chi connectivity index (χ1) is 16.0. The zero-order valence-electron chi connectivity index (χ0n) is 18.3. The molecular weight excluding hydrogens is 442 g/mol. The average molecular weight is 468 g/mol. The van der Waals surface area contributed by atoms with Crippen molar-refractivity contribution in [1.29, 1.82) is 0 Å². The number of rotatable bonds is 9. The Morgan fingerprint density at radius 3 is 2.48 bits per heavy atom. The predicted octanol–water partition coefficient (Wildman–Crippen LogP) is 4.93. The lowest BCUT2D eigenvalue weighted by atomic mass is 10.2. The van der Waals surface area contributed by atoms with E-state index in [-0.39, 0.29) is 17.3 Å². The Morgan fingerprint density at radius 1 is 1.15 bits per heavy atom. The largest absolute Gasteiger partial charge is 0.490 e. The van der Waals surface area contributed by atoms with E-state index in [9.17, 15) is 14.9 Å². The highest BCUT2D eigenvalue weighted by Gasteiger charge is 2.18. The second-order valence-corrected chi connectivity index (χ2v) is 8.68. The van der Waals surface area contributed by atoms with Gasteiger partial charge in [0, 0.05) is 29.9 Å². The fourth-order valence-corrected chi connectivity index (χ4v) is 4.57. The molecule has 0 spiro atoms. The van der Waals surface area contributed by atoms with Crippen LogP contribution in [0.25, 0.3) is 11.4 Å². The second-order valence-electron chi connectivity index (χ2n) is 7.74. The predicted molar refractivity (Wildman–Crippen MR) is 126 cm³/mol. The molecule has 3 aromatic rings. The number of non-ortho nitro benzene ring substituents is 1. The van der Waals surface area contributed by atoms with Crippen LogP contribution in [0.4, 0.5) is 11.4 Å². The summed E-state index contributed by atoms with van der Waals surface area (Å²) in [4.78, 5) is 22.6. The van der Waals surface area contributed by atoms with Crippen molar-refractivity contribution in [2.75, 3.05) is 11.1 Å². The van der Waals surface area contributed by atoms with Crippen LogP contribution in [0.5, 0.6) is 5.75 Å². The molecule has 1 heterocycles. The van der Waals surface area contributed by atoms with Gasteiger partial charge in [-0.1, -0.05) is 11.8 Å². The Bertz CT molecular complexity index is 1110. The summed E-state index contributed by atoms with van der Waals surface area (Å²) < 4.78 is 8.00. The van der Waals surface area contributed by atoms with Gasteiger partial charge in [0.15, 0.2) is 11.0 Å². The van der Waals surface area contributed by atoms with Gasteiger partial charge in [0.25, 0.3) is 5.69 Å². The molecule has 1 aliphatic carbocycles. The molecule has 1 N–H and O–H groups in total. The first-order valence-corrected chi connectivity index (χ1v) is 11.9. The molecule has 172 valence electrons. The molecule has 1 aliphatic rings. The van der Waals surface area contributed by atoms with Crippen molar-refractivity contribution >= 4 is 29.0 Å². The number of carbonyl (C=O) groups excluding carboxylic acids is 1. The minimum absolute atomic E-state index is 0.0240. The second kappa shape index (κ2) is 10.5. The molecule has 33 heavy (non-hydrogen) atoms. The summed E-state index contributed by atoms with van der Waals surface area (Å²) in [6.45, 7) is 2.67. The van der Waals surface area contributed by atoms with Crippen molar-refractivity contribution in [3.05, 3.63) is 58.6 Å². The minimum Gasteiger partial charge on any atom is -0.490 e. The number of aromatic nitrogens is 3. The number of benzene rings is 2. The highest BCUT2D eigenvalue weighted by atomic mass is 32.2. The van der Waals surface area contributed by atoms with Crippen LogP contribution < -0.4 is 10.1 Å². The van der Waals surface area contributed by atoms with E-state index in [0.717, 1.165) is 30.0 Å². The van der Waals surface area contributed by atoms with Crippen LogP contribution in [0.3, 0.4) is 0 Å². The summed E-state index contributed by atoms with van der Waals surface area (Å²) in [6.07, 6.45) is 5.01. The fourth-order valence-electron chi connectivity index (χ4n) is 3.77. The lowest BCUT2D eigenvalue weighted by Gasteiger charge is -2.13. The first kappa shape index (κ1) is 22.8. The summed E-state index contributed by atoms with van der Waals surface area (Å²) in [7, 11) is 0. The van der Waals surface area contributed by atoms with E-state index in [1.54, 1.807) is 0 Å². The number of nitro benzene ring substituents is 1. The molecule has 2 aromatic carbocycles. The number of amides is 1. The van der Waals surface area contributed by atoms with Crippen molar-refractivity contribution in [1.82, 2.24) is 14.8 Å². The molecule has 1 amide bonds. The van der Waals surface area contributed by atoms with Crippen LogP contribution in [0.1, 0.15) is 32.6 Å². The third kappa shape index (κ3) is 5.70. The molecule has 0 aliphatic heterocycles. The van der Waals surface area contributed by atoms with Gasteiger partial charge in [0.2, 0.25) is 5.91 Å². The molecule has 0 unspecified atom stereocenters. The minimum atomic E-state index is -0.479. The van der Waals surface area contributed by atoms with Crippen LogP contribution in [-0.4, -0.2) is 37.5 Å². The zero-order chi connectivity index (χ0) is 23.2. The summed E-state index contributed by atoms with van der Waals surface area (Å²) in [5.41, 5.74) is 1.41. The van der Waals surface area contributed by atoms with Gasteiger partial charge in [-0.15, -0.1) is 10.2 Å². The van der Waals surface area contributed by atoms with Gasteiger partial charge in [-0.25, -0.2) is 0 Å². The molecule has 0 atom stereocenters. The number of anilines is 1. The van der Waals surface area contributed by atoms with Crippen LogP contribution in [0, 0.1) is 10.1 Å². The van der Waals surface area contributed by atoms with Crippen LogP contribution in [0.15, 0.2) is 53.7 Å². The van der Waals surface area contributed by atoms with Crippen molar-refractivity contribution in [2.45, 2.75) is 50.4 Å². The van der Waals surface area contributed by atoms with Crippen LogP contribution in [-0.2, 0) is 11.3 Å². The van der Waals surface area contributed by atoms with E-state index >= 15 is 0 Å². The van der Waals surface area contributed by atoms with E-state index < -0.39 is 4.92 Å². The number of hydrogen-bond acceptors (Lipinski definition) is 7. The van der Waals surface area contributed by atoms with E-state index in [4.69, 9.17) is 4.74 Å². The standard InChI is InChI=1S/C23H25N5O4S/c1-2-27-22(16-7-13-20(14-8-16)32-19-5-3-4-6-19)25-26-23(27)33-15-21(29)24-17-9-11-18(12-10-17)28(30)31/h7-14,19H,2-6,15H2,1H3,(H,24,29). The normalized spacial score (nSPS) is 13.7. The number of nitrogens with zero attached hydrogens (tertiary/aromatic N) is 4. The van der Waals surface area contributed by atoms with Gasteiger partial charge in [-0.3, -0.25) is 14.9 Å². The Morgan fingerprint density at radius 2 is 1.85 bits per heavy atom. The number of ether oxygens (including phenoxy) is 1. The Labute approximate surface area is 195 Å². The fraction of sp³-hybridized carbons (Fsp3) is 0.348. The molecule has 10 heteroatoms. The lowest BCUT2D eigenvalue weighted by molar-refractivity contribution is -0.384. The van der Waals surface area contributed by atoms with E-state index in [0.29, 0.717) is 23.5 Å². The van der Waals surface area contributed by atoms with Crippen LogP contribution in [0.2, 0.25) is 0 Å². The number of carbonyl (C=O) groups is 1. The summed E-state index contributed by atoms with van der Waals surface area (Å²) in [5, 5.41) is 22.7. The topological polar surface area (TPSA) is 112 Å². The van der Waals surface area contributed by atoms with E-state index in [1.807, 2.05) is 35.8 Å². The highest BCUT2D eigenvalue weighted by molar-refractivity contribution is 7.99. The molecule has 0 saturated heterocycles. The van der Waals surface area contributed by atoms with Crippen molar-refractivity contribution in [2.24, 2.45) is 0 Å². The van der Waals surface area contributed by atoms with Gasteiger partial charge >= 0.3 is 0 Å². The zero-order valence-corrected chi connectivity index (χ0v) is 19.1. The summed E-state index contributed by atoms with van der Waals surface area (Å²) in [5.74, 6) is 1.52. The number of hydrogen-bond donors (Lipinski definition) is 1. The molecule has 9 nitrogen and oxygen atoms in total. The Hall–Kier alpha value is -3.40. The Kier molecular flexibility index (Phi) is 7.23. The lowest BCUT2D eigenvalue weighted by Crippen LogP contribution is -2.14. The maximum Gasteiger partial charge on any atom is 0.269 e. The molecule has 0 bridgehead atoms. The van der Waals surface area contributed by atoms with Gasteiger partial charge in [-0.05, 0) is 69.0 Å². The number of nitrogens with one attached hydrogen (secondary N) is 1. The molecule has 4 rings (SSSR count). The summed E-state index contributed by atoms with van der Waals surface area (Å²) >= 11 is 1.29. The van der Waals surface area contributed by atoms with Gasteiger partial charge in [0.1, 0.15) is 5.75 Å². The van der Waals surface area contributed by atoms with Gasteiger partial charge in [0.05, 0.1) is 16.8 Å².